The van der Waals surface area contributed by atoms with Crippen LogP contribution in [0.2, 0.25) is 0 Å². The van der Waals surface area contributed by atoms with Gasteiger partial charge in [0.25, 0.3) is 0 Å². The van der Waals surface area contributed by atoms with Gasteiger partial charge in [0, 0.05) is 16.3 Å². The van der Waals surface area contributed by atoms with E-state index in [0.29, 0.717) is 46.5 Å². The second-order valence-corrected chi connectivity index (χ2v) is 15.0. The van der Waals surface area contributed by atoms with Crippen molar-refractivity contribution in [3.05, 3.63) is 186 Å². The van der Waals surface area contributed by atoms with Crippen LogP contribution in [0.15, 0.2) is 164 Å². The molecule has 0 aliphatic heterocycles. The minimum atomic E-state index is -5.14. The Bertz CT molecular complexity index is 3020. The Labute approximate surface area is 350 Å². The number of halogens is 12. The fourth-order valence-corrected chi connectivity index (χ4v) is 8.10. The first-order valence-corrected chi connectivity index (χ1v) is 19.1. The van der Waals surface area contributed by atoms with E-state index in [1.54, 1.807) is 22.8 Å². The largest absolute Gasteiger partial charge is 0.416 e. The number of hydrogen-bond acceptors (Lipinski definition) is 0. The van der Waals surface area contributed by atoms with E-state index in [1.807, 2.05) is 72.8 Å². The lowest BCUT2D eigenvalue weighted by atomic mass is 9.95. The molecule has 0 fully saturated rings. The van der Waals surface area contributed by atoms with Crippen molar-refractivity contribution in [3.8, 4) is 50.2 Å². The highest BCUT2D eigenvalue weighted by Crippen LogP contribution is 2.44. The molecule has 0 bridgehead atoms. The molecular formula is C50H27F12N. The first-order chi connectivity index (χ1) is 29.7. The molecule has 0 aliphatic carbocycles. The maximum absolute atomic E-state index is 14.0. The number of alkyl halides is 12. The first kappa shape index (κ1) is 41.3. The van der Waals surface area contributed by atoms with Crippen LogP contribution in [0.25, 0.3) is 82.8 Å². The fraction of sp³-hybridized carbons (Fsp3) is 0.0800. The SMILES string of the molecule is FC(F)(F)c1cc(-c2ccc3c(c2)c2cc(-c4cc(C(F)(F)F)cc(C(F)(F)F)c4)ccc2n3-c2ccccc2-c2ccc(-c3cccc4ccccc34)cc2)cc(C(F)(F)F)c1. The van der Waals surface area contributed by atoms with E-state index in [-0.39, 0.29) is 34.0 Å². The van der Waals surface area contributed by atoms with Gasteiger partial charge in [0.1, 0.15) is 0 Å². The van der Waals surface area contributed by atoms with Gasteiger partial charge in [-0.3, -0.25) is 0 Å². The van der Waals surface area contributed by atoms with Gasteiger partial charge < -0.3 is 4.57 Å². The molecule has 0 aliphatic rings. The predicted octanol–water partition coefficient (Wildman–Crippen LogP) is 16.7. The molecule has 9 rings (SSSR count). The van der Waals surface area contributed by atoms with E-state index in [1.165, 1.54) is 36.4 Å². The van der Waals surface area contributed by atoms with Crippen molar-refractivity contribution in [2.45, 2.75) is 24.7 Å². The molecule has 0 unspecified atom stereocenters. The van der Waals surface area contributed by atoms with Gasteiger partial charge in [0.2, 0.25) is 0 Å². The number of hydrogen-bond donors (Lipinski definition) is 0. The zero-order chi connectivity index (χ0) is 44.6. The average molecular weight is 870 g/mol. The molecule has 1 heterocycles. The summed E-state index contributed by atoms with van der Waals surface area (Å²) >= 11 is 0. The van der Waals surface area contributed by atoms with Crippen LogP contribution < -0.4 is 0 Å². The van der Waals surface area contributed by atoms with Gasteiger partial charge in [-0.15, -0.1) is 0 Å². The van der Waals surface area contributed by atoms with Crippen molar-refractivity contribution < 1.29 is 52.7 Å². The van der Waals surface area contributed by atoms with Crippen LogP contribution in [-0.4, -0.2) is 4.57 Å². The molecule has 0 saturated carbocycles. The molecule has 1 nitrogen and oxygen atoms in total. The zero-order valence-electron chi connectivity index (χ0n) is 32.1. The third-order valence-electron chi connectivity index (χ3n) is 11.0. The highest BCUT2D eigenvalue weighted by Gasteiger charge is 2.38. The number of benzene rings is 8. The third-order valence-corrected chi connectivity index (χ3v) is 11.0. The second kappa shape index (κ2) is 14.8. The molecule has 0 radical (unpaired) electrons. The summed E-state index contributed by atoms with van der Waals surface area (Å²) in [6, 6.07) is 39.7. The van der Waals surface area contributed by atoms with E-state index < -0.39 is 58.1 Å². The molecule has 9 aromatic rings. The van der Waals surface area contributed by atoms with Crippen molar-refractivity contribution in [3.63, 3.8) is 0 Å². The van der Waals surface area contributed by atoms with Gasteiger partial charge in [-0.1, -0.05) is 97.1 Å². The van der Waals surface area contributed by atoms with Crippen molar-refractivity contribution in [1.29, 1.82) is 0 Å². The zero-order valence-corrected chi connectivity index (χ0v) is 32.1. The number of para-hydroxylation sites is 1. The minimum absolute atomic E-state index is 0.00989. The molecule has 316 valence electrons. The van der Waals surface area contributed by atoms with E-state index in [9.17, 15) is 52.7 Å². The van der Waals surface area contributed by atoms with Crippen molar-refractivity contribution in [2.75, 3.05) is 0 Å². The maximum atomic E-state index is 14.0. The molecule has 0 saturated heterocycles. The molecule has 0 amide bonds. The monoisotopic (exact) mass is 869 g/mol. The van der Waals surface area contributed by atoms with Crippen LogP contribution in [0.1, 0.15) is 22.3 Å². The van der Waals surface area contributed by atoms with Gasteiger partial charge in [-0.25, -0.2) is 0 Å². The lowest BCUT2D eigenvalue weighted by Gasteiger charge is -2.16. The van der Waals surface area contributed by atoms with Crippen LogP contribution >= 0.6 is 0 Å². The lowest BCUT2D eigenvalue weighted by molar-refractivity contribution is -0.144. The molecule has 0 spiro atoms. The van der Waals surface area contributed by atoms with Gasteiger partial charge in [-0.05, 0) is 116 Å². The number of aromatic nitrogens is 1. The summed E-state index contributed by atoms with van der Waals surface area (Å²) in [7, 11) is 0. The van der Waals surface area contributed by atoms with Gasteiger partial charge in [0.05, 0.1) is 39.0 Å². The van der Waals surface area contributed by atoms with Crippen molar-refractivity contribution in [2.24, 2.45) is 0 Å². The molecule has 13 heteroatoms. The summed E-state index contributed by atoms with van der Waals surface area (Å²) in [5.74, 6) is 0. The van der Waals surface area contributed by atoms with Gasteiger partial charge in [-0.2, -0.15) is 52.7 Å². The number of fused-ring (bicyclic) bond motifs is 4. The summed E-state index contributed by atoms with van der Waals surface area (Å²) in [6.07, 6.45) is -20.5. The average Bonchev–Trinajstić information content (AvgIpc) is 3.57. The Balaban J connectivity index is 1.27. The predicted molar refractivity (Wildman–Crippen MR) is 220 cm³/mol. The smallest absolute Gasteiger partial charge is 0.309 e. The van der Waals surface area contributed by atoms with E-state index in [4.69, 9.17) is 0 Å². The van der Waals surface area contributed by atoms with Crippen LogP contribution in [-0.2, 0) is 24.7 Å². The molecule has 0 N–H and O–H groups in total. The Morgan fingerprint density at radius 2 is 0.667 bits per heavy atom. The lowest BCUT2D eigenvalue weighted by Crippen LogP contribution is -2.11. The molecule has 1 aromatic heterocycles. The van der Waals surface area contributed by atoms with E-state index in [2.05, 4.69) is 0 Å². The summed E-state index contributed by atoms with van der Waals surface area (Å²) in [6.45, 7) is 0. The quantitative estimate of drug-likeness (QED) is 0.152. The summed E-state index contributed by atoms with van der Waals surface area (Å²) in [4.78, 5) is 0. The fourth-order valence-electron chi connectivity index (χ4n) is 8.10. The standard InChI is InChI=1S/C50H27F12N/c51-47(52,53)35-20-33(21-36(26-35)48(54,55)56)31-16-18-45-42(24-31)43-25-32(34-22-37(49(57,58)59)27-38(23-34)50(60,61)62)17-19-46(43)63(45)44-11-4-3-9-41(44)30-14-12-29(13-15-30)40-10-5-7-28-6-1-2-8-39(28)40/h1-27H. The van der Waals surface area contributed by atoms with Crippen molar-refractivity contribution in [1.82, 2.24) is 4.57 Å². The molecule has 8 aromatic carbocycles. The van der Waals surface area contributed by atoms with Gasteiger partial charge >= 0.3 is 24.7 Å². The van der Waals surface area contributed by atoms with Crippen LogP contribution in [0.3, 0.4) is 0 Å². The topological polar surface area (TPSA) is 4.93 Å². The highest BCUT2D eigenvalue weighted by molar-refractivity contribution is 6.12. The Morgan fingerprint density at radius 1 is 0.286 bits per heavy atom. The molecule has 0 atom stereocenters. The maximum Gasteiger partial charge on any atom is 0.416 e. The Hall–Kier alpha value is -7.02. The second-order valence-electron chi connectivity index (χ2n) is 15.0. The third kappa shape index (κ3) is 7.76. The number of nitrogens with zero attached hydrogens (tertiary/aromatic N) is 1. The Kier molecular flexibility index (Phi) is 9.72. The first-order valence-electron chi connectivity index (χ1n) is 19.1. The van der Waals surface area contributed by atoms with Crippen LogP contribution in [0.4, 0.5) is 52.7 Å². The normalized spacial score (nSPS) is 12.8. The van der Waals surface area contributed by atoms with Crippen LogP contribution in [0.5, 0.6) is 0 Å². The van der Waals surface area contributed by atoms with E-state index in [0.717, 1.165) is 27.5 Å². The summed E-state index contributed by atoms with van der Waals surface area (Å²) in [5, 5.41) is 2.61. The molecular weight excluding hydrogens is 843 g/mol. The van der Waals surface area contributed by atoms with Gasteiger partial charge in [0.15, 0.2) is 0 Å². The minimum Gasteiger partial charge on any atom is -0.309 e. The highest BCUT2D eigenvalue weighted by atomic mass is 19.4. The van der Waals surface area contributed by atoms with E-state index >= 15 is 0 Å². The van der Waals surface area contributed by atoms with Crippen molar-refractivity contribution >= 4 is 32.6 Å². The summed E-state index contributed by atoms with van der Waals surface area (Å²) < 4.78 is 169. The summed E-state index contributed by atoms with van der Waals surface area (Å²) in [5.41, 5.74) is -2.32. The van der Waals surface area contributed by atoms with Crippen LogP contribution in [0, 0.1) is 0 Å². The molecule has 63 heavy (non-hydrogen) atoms. The number of rotatable bonds is 5. The Morgan fingerprint density at radius 3 is 1.14 bits per heavy atom.